The van der Waals surface area contributed by atoms with E-state index in [1.807, 2.05) is 0 Å². The monoisotopic (exact) mass is 293 g/mol. The van der Waals surface area contributed by atoms with E-state index in [2.05, 4.69) is 13.8 Å². The molecule has 1 aromatic rings. The first-order chi connectivity index (χ1) is 10.1. The predicted octanol–water partition coefficient (Wildman–Crippen LogP) is 3.02. The van der Waals surface area contributed by atoms with Gasteiger partial charge in [0.1, 0.15) is 11.8 Å². The maximum atomic E-state index is 11.9. The van der Waals surface area contributed by atoms with Crippen LogP contribution in [0.25, 0.3) is 0 Å². The largest absolute Gasteiger partial charge is 0.508 e. The first kappa shape index (κ1) is 17.5. The number of phenolic OH excluding ortho intramolecular Hbond substituents is 1. The van der Waals surface area contributed by atoms with Gasteiger partial charge in [-0.1, -0.05) is 45.2 Å². The van der Waals surface area contributed by atoms with E-state index in [4.69, 9.17) is 10.5 Å². The molecule has 0 spiro atoms. The molecular formula is C17H27NO3. The van der Waals surface area contributed by atoms with Crippen LogP contribution in [0.1, 0.15) is 45.1 Å². The van der Waals surface area contributed by atoms with Gasteiger partial charge < -0.3 is 15.6 Å². The highest BCUT2D eigenvalue weighted by Gasteiger charge is 2.17. The maximum absolute atomic E-state index is 11.9. The zero-order valence-corrected chi connectivity index (χ0v) is 13.0. The normalized spacial score (nSPS) is 13.7. The average Bonchev–Trinajstić information content (AvgIpc) is 2.49. The maximum Gasteiger partial charge on any atom is 0.323 e. The first-order valence-electron chi connectivity index (χ1n) is 7.76. The number of hydrogen-bond donors (Lipinski definition) is 2. The van der Waals surface area contributed by atoms with E-state index in [0.29, 0.717) is 18.9 Å². The van der Waals surface area contributed by atoms with Gasteiger partial charge in [-0.15, -0.1) is 0 Å². The van der Waals surface area contributed by atoms with Crippen LogP contribution in [0.3, 0.4) is 0 Å². The van der Waals surface area contributed by atoms with Gasteiger partial charge in [0, 0.05) is 0 Å². The van der Waals surface area contributed by atoms with E-state index in [0.717, 1.165) is 31.2 Å². The van der Waals surface area contributed by atoms with Gasteiger partial charge in [-0.3, -0.25) is 4.79 Å². The second-order valence-electron chi connectivity index (χ2n) is 5.52. The molecule has 118 valence electrons. The molecule has 0 saturated heterocycles. The lowest BCUT2D eigenvalue weighted by atomic mass is 10.0. The molecule has 4 nitrogen and oxygen atoms in total. The molecule has 1 rings (SSSR count). The highest BCUT2D eigenvalue weighted by Crippen LogP contribution is 2.14. The van der Waals surface area contributed by atoms with Crippen LogP contribution < -0.4 is 5.73 Å². The molecule has 4 heteroatoms. The third kappa shape index (κ3) is 6.63. The van der Waals surface area contributed by atoms with E-state index < -0.39 is 6.04 Å². The minimum absolute atomic E-state index is 0.205. The molecule has 2 unspecified atom stereocenters. The van der Waals surface area contributed by atoms with Crippen molar-refractivity contribution < 1.29 is 14.6 Å². The van der Waals surface area contributed by atoms with Crippen LogP contribution in [0.5, 0.6) is 5.75 Å². The summed E-state index contributed by atoms with van der Waals surface area (Å²) in [5.74, 6) is 0.282. The summed E-state index contributed by atoms with van der Waals surface area (Å²) < 4.78 is 5.34. The predicted molar refractivity (Wildman–Crippen MR) is 84.1 cm³/mol. The molecule has 0 aliphatic heterocycles. The summed E-state index contributed by atoms with van der Waals surface area (Å²) in [5.41, 5.74) is 6.79. The Balaban J connectivity index is 2.38. The molecule has 3 N–H and O–H groups in total. The molecular weight excluding hydrogens is 266 g/mol. The molecule has 2 atom stereocenters. The van der Waals surface area contributed by atoms with E-state index in [1.165, 1.54) is 0 Å². The summed E-state index contributed by atoms with van der Waals surface area (Å²) >= 11 is 0. The van der Waals surface area contributed by atoms with E-state index in [1.54, 1.807) is 24.3 Å². The van der Waals surface area contributed by atoms with Gasteiger partial charge in [0.15, 0.2) is 0 Å². The van der Waals surface area contributed by atoms with Crippen LogP contribution in [0.15, 0.2) is 24.3 Å². The van der Waals surface area contributed by atoms with Crippen molar-refractivity contribution in [1.29, 1.82) is 0 Å². The number of hydrogen-bond acceptors (Lipinski definition) is 4. The van der Waals surface area contributed by atoms with Crippen LogP contribution in [0.4, 0.5) is 0 Å². The van der Waals surface area contributed by atoms with Gasteiger partial charge in [0.2, 0.25) is 0 Å². The lowest BCUT2D eigenvalue weighted by molar-refractivity contribution is -0.146. The number of nitrogens with two attached hydrogens (primary N) is 1. The molecule has 1 aromatic carbocycles. The standard InChI is InChI=1S/C17H27NO3/c1-3-5-6-13(4-2)12-21-17(20)16(18)11-14-7-9-15(19)10-8-14/h7-10,13,16,19H,3-6,11-12,18H2,1-2H3. The van der Waals surface area contributed by atoms with Crippen molar-refractivity contribution in [3.05, 3.63) is 29.8 Å². The second-order valence-corrected chi connectivity index (χ2v) is 5.52. The summed E-state index contributed by atoms with van der Waals surface area (Å²) in [4.78, 5) is 11.9. The Kier molecular flexibility index (Phi) is 7.83. The number of aromatic hydroxyl groups is 1. The van der Waals surface area contributed by atoms with Crippen LogP contribution in [-0.4, -0.2) is 23.7 Å². The Labute approximate surface area is 127 Å². The number of unbranched alkanes of at least 4 members (excludes halogenated alkanes) is 1. The van der Waals surface area contributed by atoms with Crippen molar-refractivity contribution >= 4 is 5.97 Å². The third-order valence-corrected chi connectivity index (χ3v) is 3.70. The number of ether oxygens (including phenoxy) is 1. The number of rotatable bonds is 9. The lowest BCUT2D eigenvalue weighted by Crippen LogP contribution is -2.35. The van der Waals surface area contributed by atoms with Gasteiger partial charge in [-0.25, -0.2) is 0 Å². The molecule has 0 aliphatic rings. The topological polar surface area (TPSA) is 72.5 Å². The first-order valence-corrected chi connectivity index (χ1v) is 7.76. The quantitative estimate of drug-likeness (QED) is 0.686. The molecule has 0 saturated carbocycles. The summed E-state index contributed by atoms with van der Waals surface area (Å²) in [5, 5.41) is 9.22. The van der Waals surface area contributed by atoms with Crippen LogP contribution >= 0.6 is 0 Å². The van der Waals surface area contributed by atoms with Crippen molar-refractivity contribution in [2.24, 2.45) is 11.7 Å². The van der Waals surface area contributed by atoms with E-state index in [-0.39, 0.29) is 11.7 Å². The number of phenols is 1. The summed E-state index contributed by atoms with van der Waals surface area (Å²) in [7, 11) is 0. The van der Waals surface area contributed by atoms with Gasteiger partial charge in [-0.2, -0.15) is 0 Å². The zero-order chi connectivity index (χ0) is 15.7. The van der Waals surface area contributed by atoms with Crippen LogP contribution in [0, 0.1) is 5.92 Å². The summed E-state index contributed by atoms with van der Waals surface area (Å²) in [6, 6.07) is 6.05. The van der Waals surface area contributed by atoms with Gasteiger partial charge in [0.25, 0.3) is 0 Å². The number of carbonyl (C=O) groups is 1. The second kappa shape index (κ2) is 9.40. The van der Waals surface area contributed by atoms with Crippen molar-refractivity contribution in [3.8, 4) is 5.75 Å². The van der Waals surface area contributed by atoms with Crippen molar-refractivity contribution in [3.63, 3.8) is 0 Å². The van der Waals surface area contributed by atoms with E-state index in [9.17, 15) is 9.90 Å². The fourth-order valence-electron chi connectivity index (χ4n) is 2.17. The zero-order valence-electron chi connectivity index (χ0n) is 13.0. The lowest BCUT2D eigenvalue weighted by Gasteiger charge is -2.17. The Morgan fingerprint density at radius 2 is 1.95 bits per heavy atom. The third-order valence-electron chi connectivity index (χ3n) is 3.70. The van der Waals surface area contributed by atoms with Crippen molar-refractivity contribution in [2.45, 2.75) is 52.0 Å². The molecule has 0 radical (unpaired) electrons. The smallest absolute Gasteiger partial charge is 0.323 e. The molecule has 0 amide bonds. The molecule has 0 aliphatic carbocycles. The molecule has 0 heterocycles. The fraction of sp³-hybridized carbons (Fsp3) is 0.588. The summed E-state index contributed by atoms with van der Waals surface area (Å²) in [6.07, 6.45) is 4.85. The number of carbonyl (C=O) groups excluding carboxylic acids is 1. The van der Waals surface area contributed by atoms with Gasteiger partial charge in [-0.05, 0) is 36.5 Å². The molecule has 0 bridgehead atoms. The molecule has 0 fully saturated rings. The molecule has 21 heavy (non-hydrogen) atoms. The molecule has 0 aromatic heterocycles. The van der Waals surface area contributed by atoms with Gasteiger partial charge in [0.05, 0.1) is 6.61 Å². The van der Waals surface area contributed by atoms with Crippen molar-refractivity contribution in [2.75, 3.05) is 6.61 Å². The Hall–Kier alpha value is -1.55. The fourth-order valence-corrected chi connectivity index (χ4v) is 2.17. The Bertz CT molecular complexity index is 417. The minimum atomic E-state index is -0.654. The Morgan fingerprint density at radius 3 is 2.52 bits per heavy atom. The van der Waals surface area contributed by atoms with E-state index >= 15 is 0 Å². The SMILES string of the molecule is CCCCC(CC)COC(=O)C(N)Cc1ccc(O)cc1. The highest BCUT2D eigenvalue weighted by atomic mass is 16.5. The van der Waals surface area contributed by atoms with Gasteiger partial charge >= 0.3 is 5.97 Å². The van der Waals surface area contributed by atoms with Crippen molar-refractivity contribution in [1.82, 2.24) is 0 Å². The van der Waals surface area contributed by atoms with Crippen LogP contribution in [0.2, 0.25) is 0 Å². The average molecular weight is 293 g/mol. The minimum Gasteiger partial charge on any atom is -0.508 e. The number of esters is 1. The summed E-state index contributed by atoms with van der Waals surface area (Å²) in [6.45, 7) is 4.73. The number of benzene rings is 1. The highest BCUT2D eigenvalue weighted by molar-refractivity contribution is 5.75. The van der Waals surface area contributed by atoms with Crippen LogP contribution in [-0.2, 0) is 16.0 Å². The Morgan fingerprint density at radius 1 is 1.29 bits per heavy atom.